The minimum absolute atomic E-state index is 0.331. The van der Waals surface area contributed by atoms with Crippen LogP contribution in [0.4, 0.5) is 0 Å². The summed E-state index contributed by atoms with van der Waals surface area (Å²) in [6, 6.07) is 11.3. The van der Waals surface area contributed by atoms with Crippen molar-refractivity contribution in [3.8, 4) is 6.07 Å². The van der Waals surface area contributed by atoms with Gasteiger partial charge in [0, 0.05) is 19.6 Å². The number of rotatable bonds is 6. The second-order valence-corrected chi connectivity index (χ2v) is 6.51. The monoisotopic (exact) mass is 283 g/mol. The molecule has 1 fully saturated rings. The number of fused-ring (bicyclic) bond motifs is 1. The molecule has 1 heterocycles. The van der Waals surface area contributed by atoms with Crippen molar-refractivity contribution in [3.63, 3.8) is 0 Å². The van der Waals surface area contributed by atoms with E-state index in [0.717, 1.165) is 39.0 Å². The summed E-state index contributed by atoms with van der Waals surface area (Å²) in [5, 5.41) is 13.4. The van der Waals surface area contributed by atoms with Gasteiger partial charge in [0.1, 0.15) is 5.54 Å². The van der Waals surface area contributed by atoms with Crippen LogP contribution in [0.2, 0.25) is 0 Å². The minimum Gasteiger partial charge on any atom is -0.298 e. The van der Waals surface area contributed by atoms with Crippen molar-refractivity contribution in [1.29, 1.82) is 5.26 Å². The molecule has 112 valence electrons. The molecule has 0 radical (unpaired) electrons. The van der Waals surface area contributed by atoms with Gasteiger partial charge in [0.2, 0.25) is 0 Å². The fourth-order valence-corrected chi connectivity index (χ4v) is 3.46. The maximum absolute atomic E-state index is 9.80. The smallest absolute Gasteiger partial charge is 0.122 e. The van der Waals surface area contributed by atoms with Gasteiger partial charge in [0.25, 0.3) is 0 Å². The van der Waals surface area contributed by atoms with Gasteiger partial charge in [-0.3, -0.25) is 10.2 Å². The van der Waals surface area contributed by atoms with Crippen LogP contribution >= 0.6 is 0 Å². The van der Waals surface area contributed by atoms with Crippen LogP contribution in [0.3, 0.4) is 0 Å². The molecule has 1 aromatic rings. The Balaban J connectivity index is 1.71. The molecule has 1 aromatic carbocycles. The molecule has 0 spiro atoms. The van der Waals surface area contributed by atoms with Crippen LogP contribution in [0.1, 0.15) is 37.3 Å². The van der Waals surface area contributed by atoms with E-state index >= 15 is 0 Å². The molecule has 1 aliphatic heterocycles. The van der Waals surface area contributed by atoms with Crippen molar-refractivity contribution >= 4 is 0 Å². The second-order valence-electron chi connectivity index (χ2n) is 6.51. The first-order chi connectivity index (χ1) is 10.3. The van der Waals surface area contributed by atoms with Gasteiger partial charge in [-0.25, -0.2) is 0 Å². The molecule has 3 heteroatoms. The number of nitrogens with one attached hydrogen (secondary N) is 1. The predicted octanol–water partition coefficient (Wildman–Crippen LogP) is 2.72. The summed E-state index contributed by atoms with van der Waals surface area (Å²) in [6.45, 7) is 6.03. The van der Waals surface area contributed by atoms with E-state index in [-0.39, 0.29) is 5.54 Å². The van der Waals surface area contributed by atoms with Crippen LogP contribution in [-0.2, 0) is 13.0 Å². The summed E-state index contributed by atoms with van der Waals surface area (Å²) in [6.07, 6.45) is 4.60. The third-order valence-corrected chi connectivity index (χ3v) is 4.85. The second kappa shape index (κ2) is 6.17. The molecule has 0 saturated heterocycles. The zero-order valence-electron chi connectivity index (χ0n) is 12.9. The number of nitriles is 1. The van der Waals surface area contributed by atoms with Crippen molar-refractivity contribution in [3.05, 3.63) is 35.4 Å². The van der Waals surface area contributed by atoms with Crippen LogP contribution in [0, 0.1) is 17.2 Å². The van der Waals surface area contributed by atoms with E-state index in [1.165, 1.54) is 24.0 Å². The van der Waals surface area contributed by atoms with Crippen LogP contribution < -0.4 is 5.32 Å². The molecule has 21 heavy (non-hydrogen) atoms. The molecule has 2 aliphatic rings. The number of hydrogen-bond donors (Lipinski definition) is 1. The predicted molar refractivity (Wildman–Crippen MR) is 84.8 cm³/mol. The van der Waals surface area contributed by atoms with Gasteiger partial charge in [-0.2, -0.15) is 5.26 Å². The number of hydrogen-bond acceptors (Lipinski definition) is 3. The zero-order valence-corrected chi connectivity index (χ0v) is 12.9. The summed E-state index contributed by atoms with van der Waals surface area (Å²) >= 11 is 0. The third kappa shape index (κ3) is 3.12. The highest BCUT2D eigenvalue weighted by atomic mass is 15.2. The summed E-state index contributed by atoms with van der Waals surface area (Å²) in [4.78, 5) is 2.46. The van der Waals surface area contributed by atoms with Crippen molar-refractivity contribution in [2.75, 3.05) is 19.6 Å². The van der Waals surface area contributed by atoms with Gasteiger partial charge in [0.05, 0.1) is 6.07 Å². The number of benzene rings is 1. The van der Waals surface area contributed by atoms with E-state index < -0.39 is 0 Å². The zero-order chi connectivity index (χ0) is 14.7. The molecule has 1 atom stereocenters. The van der Waals surface area contributed by atoms with Gasteiger partial charge in [0.15, 0.2) is 0 Å². The maximum atomic E-state index is 9.80. The van der Waals surface area contributed by atoms with Crippen LogP contribution in [-0.4, -0.2) is 30.1 Å². The molecule has 1 aliphatic carbocycles. The first-order valence-corrected chi connectivity index (χ1v) is 8.23. The lowest BCUT2D eigenvalue weighted by molar-refractivity contribution is 0.182. The van der Waals surface area contributed by atoms with Gasteiger partial charge in [-0.1, -0.05) is 31.2 Å². The molecule has 3 nitrogen and oxygen atoms in total. The number of nitrogens with zero attached hydrogens (tertiary/aromatic N) is 2. The highest BCUT2D eigenvalue weighted by Crippen LogP contribution is 2.40. The Morgan fingerprint density at radius 3 is 2.76 bits per heavy atom. The van der Waals surface area contributed by atoms with E-state index in [0.29, 0.717) is 5.92 Å². The lowest BCUT2D eigenvalue weighted by atomic mass is 9.91. The van der Waals surface area contributed by atoms with E-state index in [2.05, 4.69) is 47.5 Å². The highest BCUT2D eigenvalue weighted by molar-refractivity contribution is 5.29. The topological polar surface area (TPSA) is 39.1 Å². The molecule has 0 amide bonds. The molecule has 0 bridgehead atoms. The average Bonchev–Trinajstić information content (AvgIpc) is 3.36. The summed E-state index contributed by atoms with van der Waals surface area (Å²) in [7, 11) is 0. The summed E-state index contributed by atoms with van der Waals surface area (Å²) in [5.74, 6) is 0.547. The molecule has 0 aromatic heterocycles. The SMILES string of the molecule is CCCNC(C#N)(CN1CCc2ccccc2C1)C1CC1. The van der Waals surface area contributed by atoms with Crippen LogP contribution in [0.25, 0.3) is 0 Å². The maximum Gasteiger partial charge on any atom is 0.122 e. The van der Waals surface area contributed by atoms with Gasteiger partial charge in [-0.15, -0.1) is 0 Å². The standard InChI is InChI=1S/C18H25N3/c1-2-10-20-18(13-19,17-7-8-17)14-21-11-9-15-5-3-4-6-16(15)12-21/h3-6,17,20H,2,7-12,14H2,1H3. The summed E-state index contributed by atoms with van der Waals surface area (Å²) < 4.78 is 0. The largest absolute Gasteiger partial charge is 0.298 e. The fraction of sp³-hybridized carbons (Fsp3) is 0.611. The van der Waals surface area contributed by atoms with E-state index in [1.807, 2.05) is 0 Å². The van der Waals surface area contributed by atoms with Gasteiger partial charge >= 0.3 is 0 Å². The lowest BCUT2D eigenvalue weighted by Gasteiger charge is -2.37. The van der Waals surface area contributed by atoms with Gasteiger partial charge in [-0.05, 0) is 49.3 Å². The van der Waals surface area contributed by atoms with Crippen molar-refractivity contribution < 1.29 is 0 Å². The molecular weight excluding hydrogens is 258 g/mol. The Morgan fingerprint density at radius 2 is 2.10 bits per heavy atom. The first-order valence-electron chi connectivity index (χ1n) is 8.23. The van der Waals surface area contributed by atoms with E-state index in [4.69, 9.17) is 0 Å². The molecule has 3 rings (SSSR count). The first kappa shape index (κ1) is 14.6. The van der Waals surface area contributed by atoms with E-state index in [1.54, 1.807) is 0 Å². The Hall–Kier alpha value is -1.37. The molecule has 1 unspecified atom stereocenters. The van der Waals surface area contributed by atoms with Crippen molar-refractivity contribution in [2.45, 2.75) is 44.7 Å². The Kier molecular flexibility index (Phi) is 4.28. The molecule has 1 N–H and O–H groups in total. The van der Waals surface area contributed by atoms with Gasteiger partial charge < -0.3 is 0 Å². The Bertz CT molecular complexity index is 530. The van der Waals surface area contributed by atoms with E-state index in [9.17, 15) is 5.26 Å². The third-order valence-electron chi connectivity index (χ3n) is 4.85. The van der Waals surface area contributed by atoms with Crippen LogP contribution in [0.15, 0.2) is 24.3 Å². The lowest BCUT2D eigenvalue weighted by Crippen LogP contribution is -2.55. The highest BCUT2D eigenvalue weighted by Gasteiger charge is 2.46. The Labute approximate surface area is 128 Å². The van der Waals surface area contributed by atoms with Crippen molar-refractivity contribution in [2.24, 2.45) is 5.92 Å². The van der Waals surface area contributed by atoms with Crippen LogP contribution in [0.5, 0.6) is 0 Å². The fourth-order valence-electron chi connectivity index (χ4n) is 3.46. The summed E-state index contributed by atoms with van der Waals surface area (Å²) in [5.41, 5.74) is 2.58. The van der Waals surface area contributed by atoms with Crippen molar-refractivity contribution in [1.82, 2.24) is 10.2 Å². The molecule has 1 saturated carbocycles. The quantitative estimate of drug-likeness (QED) is 0.872. The normalized spacial score (nSPS) is 21.3. The molecular formula is C18H25N3. The minimum atomic E-state index is -0.331. The average molecular weight is 283 g/mol. The Morgan fingerprint density at radius 1 is 1.33 bits per heavy atom.